The number of benzene rings is 2. The number of nitriles is 2. The molecule has 0 saturated carbocycles. The number of anilines is 1. The number of nitrogens with one attached hydrogen (secondary N) is 1. The molecule has 0 heterocycles. The van der Waals surface area contributed by atoms with E-state index in [0.29, 0.717) is 28.9 Å². The predicted molar refractivity (Wildman–Crippen MR) is 128 cm³/mol. The zero-order valence-corrected chi connectivity index (χ0v) is 20.6. The Balaban J connectivity index is 2.16. The fourth-order valence-electron chi connectivity index (χ4n) is 4.08. The SMILES string of the molecule is CC1(C)CC(=O)C(C(c2ccc(Br)cc2)C(C#N)C#N)=C(Nc2ccc(S(N)(=O)=O)cc2)C1. The maximum absolute atomic E-state index is 13.4. The summed E-state index contributed by atoms with van der Waals surface area (Å²) in [4.78, 5) is 13.4. The lowest BCUT2D eigenvalue weighted by Crippen LogP contribution is -2.32. The fraction of sp³-hybridized carbons (Fsp3) is 0.292. The van der Waals surface area contributed by atoms with Gasteiger partial charge in [0.1, 0.15) is 5.92 Å². The number of ketones is 1. The van der Waals surface area contributed by atoms with Crippen LogP contribution in [0.5, 0.6) is 0 Å². The Hall–Kier alpha value is -2.98. The summed E-state index contributed by atoms with van der Waals surface area (Å²) in [6, 6.07) is 17.2. The third-order valence-electron chi connectivity index (χ3n) is 5.55. The summed E-state index contributed by atoms with van der Waals surface area (Å²) in [6.45, 7) is 3.96. The van der Waals surface area contributed by atoms with Gasteiger partial charge in [-0.1, -0.05) is 41.9 Å². The lowest BCUT2D eigenvalue weighted by atomic mass is 9.69. The second-order valence-corrected chi connectivity index (χ2v) is 11.3. The maximum atomic E-state index is 13.4. The minimum absolute atomic E-state index is 0.0240. The Labute approximate surface area is 202 Å². The molecular formula is C24H23BrN4O3S. The van der Waals surface area contributed by atoms with Crippen molar-refractivity contribution in [1.82, 2.24) is 0 Å². The van der Waals surface area contributed by atoms with Gasteiger partial charge in [-0.2, -0.15) is 10.5 Å². The van der Waals surface area contributed by atoms with Gasteiger partial charge in [-0.3, -0.25) is 4.79 Å². The van der Waals surface area contributed by atoms with Gasteiger partial charge in [0.2, 0.25) is 10.0 Å². The number of carbonyl (C=O) groups is 1. The van der Waals surface area contributed by atoms with Gasteiger partial charge < -0.3 is 5.32 Å². The summed E-state index contributed by atoms with van der Waals surface area (Å²) in [5.74, 6) is -1.92. The third kappa shape index (κ3) is 5.69. The molecule has 0 bridgehead atoms. The van der Waals surface area contributed by atoms with Gasteiger partial charge in [0.15, 0.2) is 5.78 Å². The zero-order chi connectivity index (χ0) is 24.4. The molecule has 0 radical (unpaired) electrons. The van der Waals surface area contributed by atoms with Crippen LogP contribution in [0.3, 0.4) is 0 Å². The van der Waals surface area contributed by atoms with Crippen LogP contribution < -0.4 is 10.5 Å². The second-order valence-electron chi connectivity index (χ2n) is 8.79. The number of halogens is 1. The first-order valence-electron chi connectivity index (χ1n) is 10.2. The lowest BCUT2D eigenvalue weighted by Gasteiger charge is -2.36. The highest BCUT2D eigenvalue weighted by molar-refractivity contribution is 9.10. The lowest BCUT2D eigenvalue weighted by molar-refractivity contribution is -0.118. The number of hydrogen-bond acceptors (Lipinski definition) is 6. The molecule has 0 aromatic heterocycles. The molecule has 9 heteroatoms. The van der Waals surface area contributed by atoms with Crippen LogP contribution in [0, 0.1) is 34.0 Å². The molecule has 0 amide bonds. The number of carbonyl (C=O) groups excluding carboxylic acids is 1. The Bertz CT molecular complexity index is 1270. The number of nitrogens with zero attached hydrogens (tertiary/aromatic N) is 2. The van der Waals surface area contributed by atoms with E-state index in [9.17, 15) is 23.7 Å². The van der Waals surface area contributed by atoms with E-state index in [4.69, 9.17) is 5.14 Å². The summed E-state index contributed by atoms with van der Waals surface area (Å²) in [7, 11) is -3.83. The summed E-state index contributed by atoms with van der Waals surface area (Å²) >= 11 is 3.39. The van der Waals surface area contributed by atoms with Crippen LogP contribution in [0.4, 0.5) is 5.69 Å². The van der Waals surface area contributed by atoms with Gasteiger partial charge in [0.05, 0.1) is 17.0 Å². The molecule has 3 rings (SSSR count). The van der Waals surface area contributed by atoms with E-state index in [0.717, 1.165) is 4.47 Å². The standard InChI is InChI=1S/C24H23BrN4O3S/c1-24(2)11-20(29-18-7-9-19(10-8-18)33(28,31)32)23(21(30)12-24)22(16(13-26)14-27)15-3-5-17(25)6-4-15/h3-10,16,22,29H,11-12H2,1-2H3,(H2,28,31,32). The van der Waals surface area contributed by atoms with Crippen LogP contribution in [0.2, 0.25) is 0 Å². The average molecular weight is 527 g/mol. The molecule has 7 nitrogen and oxygen atoms in total. The zero-order valence-electron chi connectivity index (χ0n) is 18.2. The van der Waals surface area contributed by atoms with Crippen LogP contribution >= 0.6 is 15.9 Å². The highest BCUT2D eigenvalue weighted by Crippen LogP contribution is 2.44. The molecule has 3 N–H and O–H groups in total. The van der Waals surface area contributed by atoms with Crippen LogP contribution in [0.1, 0.15) is 38.2 Å². The van der Waals surface area contributed by atoms with Gasteiger partial charge in [-0.05, 0) is 53.8 Å². The molecule has 2 aromatic rings. The van der Waals surface area contributed by atoms with E-state index in [1.807, 2.05) is 38.1 Å². The van der Waals surface area contributed by atoms with E-state index < -0.39 is 21.9 Å². The monoisotopic (exact) mass is 526 g/mol. The molecule has 0 aliphatic heterocycles. The van der Waals surface area contributed by atoms with Gasteiger partial charge in [-0.25, -0.2) is 13.6 Å². The number of hydrogen-bond donors (Lipinski definition) is 2. The third-order valence-corrected chi connectivity index (χ3v) is 7.01. The molecular weight excluding hydrogens is 504 g/mol. The fourth-order valence-corrected chi connectivity index (χ4v) is 4.86. The van der Waals surface area contributed by atoms with Crippen molar-refractivity contribution >= 4 is 37.4 Å². The van der Waals surface area contributed by atoms with Crippen molar-refractivity contribution in [1.29, 1.82) is 10.5 Å². The Morgan fingerprint density at radius 3 is 2.12 bits per heavy atom. The molecule has 2 aromatic carbocycles. The summed E-state index contributed by atoms with van der Waals surface area (Å²) in [5, 5.41) is 27.9. The van der Waals surface area contributed by atoms with Gasteiger partial charge in [0, 0.05) is 33.8 Å². The molecule has 1 aliphatic carbocycles. The number of allylic oxidation sites excluding steroid dienone is 2. The predicted octanol–water partition coefficient (Wildman–Crippen LogP) is 4.60. The molecule has 0 saturated heterocycles. The topological polar surface area (TPSA) is 137 Å². The van der Waals surface area contributed by atoms with E-state index >= 15 is 0 Å². The Morgan fingerprint density at radius 1 is 1.03 bits per heavy atom. The van der Waals surface area contributed by atoms with Crippen molar-refractivity contribution in [2.75, 3.05) is 5.32 Å². The van der Waals surface area contributed by atoms with Gasteiger partial charge in [0.25, 0.3) is 0 Å². The smallest absolute Gasteiger partial charge is 0.238 e. The molecule has 1 aliphatic rings. The van der Waals surface area contributed by atoms with E-state index in [1.54, 1.807) is 24.3 Å². The first-order valence-corrected chi connectivity index (χ1v) is 12.5. The van der Waals surface area contributed by atoms with Crippen molar-refractivity contribution < 1.29 is 13.2 Å². The van der Waals surface area contributed by atoms with Gasteiger partial charge in [-0.15, -0.1) is 0 Å². The number of rotatable bonds is 6. The highest BCUT2D eigenvalue weighted by atomic mass is 79.9. The first-order chi connectivity index (χ1) is 15.4. The summed E-state index contributed by atoms with van der Waals surface area (Å²) in [5.41, 5.74) is 1.95. The van der Waals surface area contributed by atoms with E-state index in [-0.39, 0.29) is 22.5 Å². The number of sulfonamides is 1. The Morgan fingerprint density at radius 2 is 1.61 bits per heavy atom. The summed E-state index contributed by atoms with van der Waals surface area (Å²) < 4.78 is 24.0. The van der Waals surface area contributed by atoms with Crippen LogP contribution in [0.25, 0.3) is 0 Å². The average Bonchev–Trinajstić information content (AvgIpc) is 2.72. The first kappa shape index (κ1) is 24.7. The minimum Gasteiger partial charge on any atom is -0.359 e. The maximum Gasteiger partial charge on any atom is 0.238 e. The van der Waals surface area contributed by atoms with Crippen LogP contribution in [-0.2, 0) is 14.8 Å². The molecule has 1 atom stereocenters. The summed E-state index contributed by atoms with van der Waals surface area (Å²) in [6.07, 6.45) is 0.802. The van der Waals surface area contributed by atoms with E-state index in [2.05, 4.69) is 21.2 Å². The number of primary sulfonamides is 1. The number of nitrogens with two attached hydrogens (primary N) is 1. The molecule has 170 valence electrons. The quantitative estimate of drug-likeness (QED) is 0.564. The molecule has 0 spiro atoms. The second kappa shape index (κ2) is 9.48. The highest BCUT2D eigenvalue weighted by Gasteiger charge is 2.40. The van der Waals surface area contributed by atoms with Gasteiger partial charge >= 0.3 is 0 Å². The molecule has 1 unspecified atom stereocenters. The van der Waals surface area contributed by atoms with Crippen LogP contribution in [0.15, 0.2) is 69.2 Å². The van der Waals surface area contributed by atoms with E-state index in [1.165, 1.54) is 12.1 Å². The van der Waals surface area contributed by atoms with Crippen molar-refractivity contribution in [2.45, 2.75) is 37.5 Å². The number of Topliss-reactive ketones (excluding diaryl/α,β-unsaturated/α-hetero) is 1. The van der Waals surface area contributed by atoms with Crippen molar-refractivity contribution in [3.8, 4) is 12.1 Å². The van der Waals surface area contributed by atoms with Crippen LogP contribution in [-0.4, -0.2) is 14.2 Å². The Kier molecular flexibility index (Phi) is 7.08. The normalized spacial score (nSPS) is 16.8. The van der Waals surface area contributed by atoms with Crippen molar-refractivity contribution in [2.24, 2.45) is 16.5 Å². The van der Waals surface area contributed by atoms with Crippen molar-refractivity contribution in [3.63, 3.8) is 0 Å². The largest absolute Gasteiger partial charge is 0.359 e. The molecule has 0 fully saturated rings. The van der Waals surface area contributed by atoms with Crippen molar-refractivity contribution in [3.05, 3.63) is 69.8 Å². The molecule has 33 heavy (non-hydrogen) atoms. The minimum atomic E-state index is -3.83.